The van der Waals surface area contributed by atoms with Crippen LogP contribution in [0.15, 0.2) is 83.8 Å². The van der Waals surface area contributed by atoms with Crippen molar-refractivity contribution in [3.63, 3.8) is 0 Å². The first-order valence-electron chi connectivity index (χ1n) is 11.9. The van der Waals surface area contributed by atoms with Crippen molar-refractivity contribution in [1.82, 2.24) is 14.7 Å². The fraction of sp³-hybridized carbons (Fsp3) is 0.143. The molecule has 1 heterocycles. The summed E-state index contributed by atoms with van der Waals surface area (Å²) >= 11 is 0. The van der Waals surface area contributed by atoms with Gasteiger partial charge >= 0.3 is 11.9 Å². The van der Waals surface area contributed by atoms with E-state index in [9.17, 15) is 23.1 Å². The number of carboxylic acid groups (broad SMARTS) is 1. The molecule has 5 aromatic rings. The second kappa shape index (κ2) is 10.3. The van der Waals surface area contributed by atoms with Crippen LogP contribution in [0.4, 0.5) is 5.69 Å². The summed E-state index contributed by atoms with van der Waals surface area (Å²) in [5.41, 5.74) is 3.34. The number of para-hydroxylation sites is 2. The molecular weight excluding hydrogens is 520 g/mol. The summed E-state index contributed by atoms with van der Waals surface area (Å²) in [6.45, 7) is -0.720. The van der Waals surface area contributed by atoms with Crippen molar-refractivity contribution < 1.29 is 27.9 Å². The van der Waals surface area contributed by atoms with Crippen LogP contribution in [0.3, 0.4) is 0 Å². The molecule has 39 heavy (non-hydrogen) atoms. The number of hydrogen-bond acceptors (Lipinski definition) is 8. The van der Waals surface area contributed by atoms with E-state index in [1.165, 1.54) is 18.2 Å². The molecule has 0 fully saturated rings. The maximum Gasteiger partial charge on any atom is 0.338 e. The van der Waals surface area contributed by atoms with E-state index in [2.05, 4.69) is 14.7 Å². The van der Waals surface area contributed by atoms with Gasteiger partial charge in [0, 0.05) is 30.6 Å². The van der Waals surface area contributed by atoms with Gasteiger partial charge in [0.05, 0.1) is 32.5 Å². The number of carbonyl (C=O) groups is 2. The summed E-state index contributed by atoms with van der Waals surface area (Å²) in [6.07, 6.45) is 0. The number of benzene rings is 4. The third kappa shape index (κ3) is 5.22. The SMILES string of the molecule is CN(C)c1cccc2c(S(=O)(=O)N[C@@H](COC(=O)c3ccc4nc5ccccc5nc4c3)C(=O)O)cccc12. The van der Waals surface area contributed by atoms with E-state index < -0.39 is 34.6 Å². The van der Waals surface area contributed by atoms with Gasteiger partial charge in [0.1, 0.15) is 6.61 Å². The zero-order valence-electron chi connectivity index (χ0n) is 21.0. The molecule has 0 amide bonds. The van der Waals surface area contributed by atoms with Crippen LogP contribution in [0.5, 0.6) is 0 Å². The number of sulfonamides is 1. The van der Waals surface area contributed by atoms with Crippen LogP contribution in [0.25, 0.3) is 32.8 Å². The second-order valence-corrected chi connectivity index (χ2v) is 10.7. The molecule has 0 spiro atoms. The molecule has 0 aliphatic heterocycles. The van der Waals surface area contributed by atoms with Crippen molar-refractivity contribution in [2.24, 2.45) is 0 Å². The van der Waals surface area contributed by atoms with E-state index in [1.54, 1.807) is 36.4 Å². The fourth-order valence-electron chi connectivity index (χ4n) is 4.28. The van der Waals surface area contributed by atoms with Gasteiger partial charge in [-0.3, -0.25) is 4.79 Å². The molecular formula is C28H24N4O6S. The van der Waals surface area contributed by atoms with Gasteiger partial charge in [0.2, 0.25) is 10.0 Å². The Morgan fingerprint density at radius 3 is 2.21 bits per heavy atom. The van der Waals surface area contributed by atoms with Gasteiger partial charge in [-0.25, -0.2) is 23.2 Å². The molecule has 0 saturated carbocycles. The molecule has 5 rings (SSSR count). The number of ether oxygens (including phenoxy) is 1. The minimum atomic E-state index is -4.29. The number of fused-ring (bicyclic) bond motifs is 3. The van der Waals surface area contributed by atoms with Crippen molar-refractivity contribution in [2.45, 2.75) is 10.9 Å². The third-order valence-corrected chi connectivity index (χ3v) is 7.71. The molecule has 0 radical (unpaired) electrons. The number of aromatic nitrogens is 2. The maximum absolute atomic E-state index is 13.3. The summed E-state index contributed by atoms with van der Waals surface area (Å²) in [5.74, 6) is -2.31. The molecule has 10 nitrogen and oxygen atoms in total. The monoisotopic (exact) mass is 544 g/mol. The molecule has 0 aliphatic rings. The standard InChI is InChI=1S/C28H24N4O6S/c1-32(2)25-11-5-8-19-18(25)7-6-12-26(19)39(36,37)31-24(27(33)34)16-38-28(35)17-13-14-22-23(15-17)30-21-10-4-3-9-20(21)29-22/h3-15,24,31H,16H2,1-2H3,(H,33,34)/t24-/m0/s1. The Balaban J connectivity index is 1.36. The van der Waals surface area contributed by atoms with Crippen molar-refractivity contribution in [2.75, 3.05) is 25.6 Å². The molecule has 11 heteroatoms. The largest absolute Gasteiger partial charge is 0.480 e. The Morgan fingerprint density at radius 2 is 1.51 bits per heavy atom. The summed E-state index contributed by atoms with van der Waals surface area (Å²) in [6, 6.07) is 20.2. The van der Waals surface area contributed by atoms with Crippen LogP contribution in [0, 0.1) is 0 Å². The van der Waals surface area contributed by atoms with Gasteiger partial charge in [0.15, 0.2) is 6.04 Å². The van der Waals surface area contributed by atoms with Crippen LogP contribution in [0.2, 0.25) is 0 Å². The Morgan fingerprint density at radius 1 is 0.872 bits per heavy atom. The van der Waals surface area contributed by atoms with E-state index in [0.29, 0.717) is 32.8 Å². The van der Waals surface area contributed by atoms with Crippen LogP contribution in [0.1, 0.15) is 10.4 Å². The topological polar surface area (TPSA) is 139 Å². The lowest BCUT2D eigenvalue weighted by atomic mass is 10.1. The van der Waals surface area contributed by atoms with Crippen molar-refractivity contribution in [1.29, 1.82) is 0 Å². The first-order valence-corrected chi connectivity index (χ1v) is 13.4. The predicted molar refractivity (Wildman–Crippen MR) is 147 cm³/mol. The Hall–Kier alpha value is -4.61. The molecule has 0 saturated heterocycles. The first kappa shape index (κ1) is 26.0. The average Bonchev–Trinajstić information content (AvgIpc) is 2.92. The lowest BCUT2D eigenvalue weighted by Gasteiger charge is -2.18. The third-order valence-electron chi connectivity index (χ3n) is 6.18. The van der Waals surface area contributed by atoms with E-state index >= 15 is 0 Å². The average molecular weight is 545 g/mol. The Bertz CT molecular complexity index is 1860. The highest BCUT2D eigenvalue weighted by Gasteiger charge is 2.28. The number of carboxylic acids is 1. The summed E-state index contributed by atoms with van der Waals surface area (Å²) in [4.78, 5) is 35.5. The first-order chi connectivity index (χ1) is 18.6. The molecule has 1 aromatic heterocycles. The number of nitrogens with one attached hydrogen (secondary N) is 1. The van der Waals surface area contributed by atoms with Crippen LogP contribution in [-0.2, 0) is 19.6 Å². The number of rotatable bonds is 8. The van der Waals surface area contributed by atoms with Gasteiger partial charge in [-0.15, -0.1) is 0 Å². The highest BCUT2D eigenvalue weighted by atomic mass is 32.2. The van der Waals surface area contributed by atoms with Crippen molar-refractivity contribution in [3.05, 3.63) is 84.4 Å². The summed E-state index contributed by atoms with van der Waals surface area (Å²) in [7, 11) is -0.613. The number of carbonyl (C=O) groups excluding carboxylic acids is 1. The van der Waals surface area contributed by atoms with Gasteiger partial charge in [0.25, 0.3) is 0 Å². The van der Waals surface area contributed by atoms with E-state index in [0.717, 1.165) is 5.69 Å². The normalized spacial score (nSPS) is 12.5. The lowest BCUT2D eigenvalue weighted by molar-refractivity contribution is -0.139. The zero-order chi connectivity index (χ0) is 27.7. The van der Waals surface area contributed by atoms with Gasteiger partial charge in [-0.2, -0.15) is 4.72 Å². The quantitative estimate of drug-likeness (QED) is 0.222. The number of anilines is 1. The molecule has 0 bridgehead atoms. The molecule has 0 aliphatic carbocycles. The Kier molecular flexibility index (Phi) is 6.85. The Labute approximate surface area is 223 Å². The maximum atomic E-state index is 13.3. The lowest BCUT2D eigenvalue weighted by Crippen LogP contribution is -2.44. The minimum Gasteiger partial charge on any atom is -0.480 e. The van der Waals surface area contributed by atoms with Crippen molar-refractivity contribution >= 4 is 60.5 Å². The van der Waals surface area contributed by atoms with Gasteiger partial charge < -0.3 is 14.7 Å². The van der Waals surface area contributed by atoms with E-state index in [1.807, 2.05) is 43.3 Å². The minimum absolute atomic E-state index is 0.0818. The van der Waals surface area contributed by atoms with Crippen LogP contribution < -0.4 is 9.62 Å². The number of aliphatic carboxylic acids is 1. The van der Waals surface area contributed by atoms with E-state index in [4.69, 9.17) is 4.74 Å². The van der Waals surface area contributed by atoms with Gasteiger partial charge in [-0.1, -0.05) is 36.4 Å². The molecule has 198 valence electrons. The highest BCUT2D eigenvalue weighted by Crippen LogP contribution is 2.30. The zero-order valence-corrected chi connectivity index (χ0v) is 21.8. The van der Waals surface area contributed by atoms with Gasteiger partial charge in [-0.05, 0) is 42.5 Å². The smallest absolute Gasteiger partial charge is 0.338 e. The van der Waals surface area contributed by atoms with Crippen LogP contribution >= 0.6 is 0 Å². The summed E-state index contributed by atoms with van der Waals surface area (Å²) < 4.78 is 33.9. The number of nitrogens with zero attached hydrogens (tertiary/aromatic N) is 3. The number of esters is 1. The molecule has 4 aromatic carbocycles. The predicted octanol–water partition coefficient (Wildman–Crippen LogP) is 3.59. The molecule has 1 atom stereocenters. The summed E-state index contributed by atoms with van der Waals surface area (Å²) in [5, 5.41) is 10.8. The second-order valence-electron chi connectivity index (χ2n) is 9.05. The number of hydrogen-bond donors (Lipinski definition) is 2. The van der Waals surface area contributed by atoms with Crippen LogP contribution in [-0.4, -0.2) is 62.2 Å². The molecule has 2 N–H and O–H groups in total. The highest BCUT2D eigenvalue weighted by molar-refractivity contribution is 7.89. The van der Waals surface area contributed by atoms with E-state index in [-0.39, 0.29) is 10.5 Å². The molecule has 0 unspecified atom stereocenters. The fourth-order valence-corrected chi connectivity index (χ4v) is 5.68. The van der Waals surface area contributed by atoms with Crippen molar-refractivity contribution in [3.8, 4) is 0 Å².